The maximum absolute atomic E-state index is 12.3. The first-order valence-corrected chi connectivity index (χ1v) is 19.9. The van der Waals surface area contributed by atoms with Crippen LogP contribution >= 0.6 is 23.1 Å². The molecular weight excluding hydrogens is 535 g/mol. The Bertz CT molecular complexity index is 710. The van der Waals surface area contributed by atoms with E-state index in [2.05, 4.69) is 70.2 Å². The van der Waals surface area contributed by atoms with E-state index in [1.807, 2.05) is 6.08 Å². The predicted octanol–water partition coefficient (Wildman–Crippen LogP) is 6.54. The Balaban J connectivity index is 2.35. The van der Waals surface area contributed by atoms with Crippen LogP contribution in [0.5, 0.6) is 0 Å². The van der Waals surface area contributed by atoms with Crippen molar-refractivity contribution in [3.8, 4) is 0 Å². The second-order valence-electron chi connectivity index (χ2n) is 11.5. The lowest BCUT2D eigenvalue weighted by atomic mass is 9.81. The molecular formula is C25H48BrO6PSi. The van der Waals surface area contributed by atoms with E-state index in [1.165, 1.54) is 0 Å². The lowest BCUT2D eigenvalue weighted by molar-refractivity contribution is -0.338. The third-order valence-electron chi connectivity index (χ3n) is 7.11. The summed E-state index contributed by atoms with van der Waals surface area (Å²) in [7, 11) is -4.17. The largest absolute Gasteiger partial charge is 0.409 e. The highest BCUT2D eigenvalue weighted by molar-refractivity contribution is 9.09. The minimum Gasteiger partial charge on any atom is -0.409 e. The van der Waals surface area contributed by atoms with Crippen molar-refractivity contribution < 1.29 is 27.9 Å². The molecule has 2 fully saturated rings. The number of hydrogen-bond donors (Lipinski definition) is 0. The Morgan fingerprint density at radius 2 is 1.56 bits per heavy atom. The van der Waals surface area contributed by atoms with E-state index in [-0.39, 0.29) is 42.2 Å². The fourth-order valence-electron chi connectivity index (χ4n) is 4.76. The highest BCUT2D eigenvalue weighted by Crippen LogP contribution is 2.42. The van der Waals surface area contributed by atoms with Gasteiger partial charge in [0.25, 0.3) is 0 Å². The Labute approximate surface area is 217 Å². The van der Waals surface area contributed by atoms with Crippen molar-refractivity contribution in [2.75, 3.05) is 25.3 Å². The molecule has 2 aliphatic heterocycles. The molecule has 0 amide bonds. The van der Waals surface area contributed by atoms with Crippen LogP contribution in [0.1, 0.15) is 41.0 Å². The molecule has 0 radical (unpaired) electrons. The molecule has 2 aliphatic rings. The van der Waals surface area contributed by atoms with Gasteiger partial charge in [0, 0.05) is 5.33 Å². The van der Waals surface area contributed by atoms with Gasteiger partial charge >= 0.3 is 0 Å². The van der Waals surface area contributed by atoms with Gasteiger partial charge in [-0.25, -0.2) is 0 Å². The molecule has 2 heterocycles. The lowest BCUT2D eigenvalue weighted by Gasteiger charge is -2.50. The molecule has 34 heavy (non-hydrogen) atoms. The first kappa shape index (κ1) is 30.7. The first-order chi connectivity index (χ1) is 15.7. The van der Waals surface area contributed by atoms with E-state index in [9.17, 15) is 4.57 Å². The van der Waals surface area contributed by atoms with Crippen molar-refractivity contribution in [2.24, 2.45) is 23.7 Å². The Kier molecular flexibility index (Phi) is 11.6. The van der Waals surface area contributed by atoms with Crippen LogP contribution in [0, 0.1) is 23.7 Å². The van der Waals surface area contributed by atoms with Crippen molar-refractivity contribution in [1.82, 2.24) is 0 Å². The van der Waals surface area contributed by atoms with Gasteiger partial charge in [-0.3, -0.25) is 0 Å². The van der Waals surface area contributed by atoms with Crippen molar-refractivity contribution in [3.63, 3.8) is 0 Å². The van der Waals surface area contributed by atoms with Crippen molar-refractivity contribution in [2.45, 2.75) is 97.7 Å². The van der Waals surface area contributed by atoms with Crippen LogP contribution in [0.15, 0.2) is 11.9 Å². The lowest BCUT2D eigenvalue weighted by Crippen LogP contribution is -2.58. The smallest absolute Gasteiger partial charge is 0.184 e. The molecule has 0 N–H and O–H groups in total. The highest BCUT2D eigenvalue weighted by Gasteiger charge is 2.49. The molecule has 0 saturated carbocycles. The van der Waals surface area contributed by atoms with Crippen LogP contribution in [0.2, 0.25) is 19.6 Å². The van der Waals surface area contributed by atoms with Gasteiger partial charge in [-0.15, -0.1) is 0 Å². The zero-order chi connectivity index (χ0) is 25.8. The van der Waals surface area contributed by atoms with Crippen molar-refractivity contribution in [3.05, 3.63) is 11.9 Å². The second kappa shape index (κ2) is 12.8. The zero-order valence-electron chi connectivity index (χ0n) is 22.8. The van der Waals surface area contributed by atoms with Crippen LogP contribution < -0.4 is 0 Å². The van der Waals surface area contributed by atoms with Gasteiger partial charge in [0.1, 0.15) is 13.2 Å². The van der Waals surface area contributed by atoms with Gasteiger partial charge in [0.15, 0.2) is 20.9 Å². The zero-order valence-corrected chi connectivity index (χ0v) is 26.3. The van der Waals surface area contributed by atoms with Gasteiger partial charge in [0.2, 0.25) is 0 Å². The summed E-state index contributed by atoms with van der Waals surface area (Å²) in [6.07, 6.45) is 1.35. The quantitative estimate of drug-likeness (QED) is 0.165. The van der Waals surface area contributed by atoms with E-state index in [1.54, 1.807) is 19.1 Å². The molecule has 0 aliphatic carbocycles. The molecule has 4 unspecified atom stereocenters. The van der Waals surface area contributed by atoms with Gasteiger partial charge in [-0.1, -0.05) is 56.6 Å². The number of hydrogen-bond acceptors (Lipinski definition) is 6. The summed E-state index contributed by atoms with van der Waals surface area (Å²) in [6, 6.07) is 0. The number of halogens is 1. The topological polar surface area (TPSA) is 63.2 Å². The van der Waals surface area contributed by atoms with Gasteiger partial charge in [0.05, 0.1) is 24.9 Å². The summed E-state index contributed by atoms with van der Waals surface area (Å²) in [5, 5.41) is 0.733. The molecule has 6 nitrogen and oxygen atoms in total. The number of ether oxygens (including phenoxy) is 4. The number of rotatable bonds is 10. The van der Waals surface area contributed by atoms with Crippen LogP contribution in [0.25, 0.3) is 0 Å². The fraction of sp³-hybridized carbons (Fsp3) is 0.920. The van der Waals surface area contributed by atoms with E-state index in [4.69, 9.17) is 23.4 Å². The van der Waals surface area contributed by atoms with Gasteiger partial charge < -0.3 is 27.9 Å². The standard InChI is InChI=1S/C25H48BrO6PSi/c1-11-20-16(2)18(4)22(24(29-20)28-14-13-26)31-25-23(32-34(8,9)10)19(5)17(3)21(30-25)12-15-33(6,7)27/h12,15-25H,11,13-14H2,1-10H3/b15-12+/t16-,17-,18-,19-,20?,21?,22?,23?,24-,25+/m0/s1. The Morgan fingerprint density at radius 1 is 0.941 bits per heavy atom. The van der Waals surface area contributed by atoms with Crippen molar-refractivity contribution in [1.29, 1.82) is 0 Å². The highest BCUT2D eigenvalue weighted by atomic mass is 79.9. The molecule has 0 aromatic rings. The fourth-order valence-corrected chi connectivity index (χ4v) is 6.67. The maximum atomic E-state index is 12.3. The summed E-state index contributed by atoms with van der Waals surface area (Å²) in [5.74, 6) is 2.77. The Hall–Kier alpha value is 0.467. The molecule has 0 spiro atoms. The minimum absolute atomic E-state index is 0.134. The monoisotopic (exact) mass is 582 g/mol. The van der Waals surface area contributed by atoms with E-state index in [0.29, 0.717) is 12.5 Å². The predicted molar refractivity (Wildman–Crippen MR) is 146 cm³/mol. The van der Waals surface area contributed by atoms with Crippen LogP contribution in [-0.2, 0) is 27.9 Å². The molecule has 10 atom stereocenters. The third kappa shape index (κ3) is 8.51. The number of alkyl halides is 1. The summed E-state index contributed by atoms with van der Waals surface area (Å²) < 4.78 is 44.8. The first-order valence-electron chi connectivity index (χ1n) is 12.7. The molecule has 0 aromatic heterocycles. The summed E-state index contributed by atoms with van der Waals surface area (Å²) in [5.41, 5.74) is 0. The van der Waals surface area contributed by atoms with Crippen LogP contribution in [0.3, 0.4) is 0 Å². The average molecular weight is 584 g/mol. The maximum Gasteiger partial charge on any atom is 0.184 e. The van der Waals surface area contributed by atoms with Gasteiger partial charge in [-0.2, -0.15) is 0 Å². The summed E-state index contributed by atoms with van der Waals surface area (Å²) in [4.78, 5) is 0. The van der Waals surface area contributed by atoms with Crippen LogP contribution in [-0.4, -0.2) is 70.6 Å². The van der Waals surface area contributed by atoms with E-state index < -0.39 is 28.0 Å². The average Bonchev–Trinajstić information content (AvgIpc) is 2.73. The Morgan fingerprint density at radius 3 is 2.09 bits per heavy atom. The molecule has 2 rings (SSSR count). The normalized spacial score (nSPS) is 40.1. The summed E-state index contributed by atoms with van der Waals surface area (Å²) in [6.45, 7) is 21.6. The summed E-state index contributed by atoms with van der Waals surface area (Å²) >= 11 is 3.46. The SMILES string of the molecule is CCC1O[C@H](OCCBr)C(O[C@H]2OC(/C=C/P(C)(C)=O)[C@@H](C)[C@H](C)C2O[Si](C)(C)C)[C@@H](C)[C@@H]1C. The minimum atomic E-state index is -2.30. The van der Waals surface area contributed by atoms with E-state index in [0.717, 1.165) is 11.8 Å². The molecule has 0 aromatic carbocycles. The van der Waals surface area contributed by atoms with Crippen LogP contribution in [0.4, 0.5) is 0 Å². The van der Waals surface area contributed by atoms with E-state index >= 15 is 0 Å². The van der Waals surface area contributed by atoms with Crippen molar-refractivity contribution >= 4 is 31.4 Å². The second-order valence-corrected chi connectivity index (χ2v) is 19.9. The molecule has 0 bridgehead atoms. The third-order valence-corrected chi connectivity index (χ3v) is 9.31. The molecule has 2 saturated heterocycles. The molecule has 9 heteroatoms. The molecule has 200 valence electrons. The van der Waals surface area contributed by atoms with Gasteiger partial charge in [-0.05, 0) is 68.9 Å².